The highest BCUT2D eigenvalue weighted by atomic mass is 79.9. The highest BCUT2D eigenvalue weighted by molar-refractivity contribution is 9.08. The monoisotopic (exact) mass is 332 g/mol. The van der Waals surface area contributed by atoms with Crippen LogP contribution in [0.3, 0.4) is 0 Å². The van der Waals surface area contributed by atoms with Crippen LogP contribution in [0.5, 0.6) is 5.75 Å². The van der Waals surface area contributed by atoms with E-state index in [0.29, 0.717) is 11.4 Å². The maximum Gasteiger partial charge on any atom is 0.387 e. The van der Waals surface area contributed by atoms with Gasteiger partial charge in [-0.1, -0.05) is 34.1 Å². The van der Waals surface area contributed by atoms with Crippen molar-refractivity contribution in [3.63, 3.8) is 0 Å². The molecule has 0 atom stereocenters. The molecular formula is C12H11BrF2N2O2. The first-order valence-electron chi connectivity index (χ1n) is 5.43. The van der Waals surface area contributed by atoms with Gasteiger partial charge in [-0.3, -0.25) is 9.48 Å². The highest BCUT2D eigenvalue weighted by Gasteiger charge is 2.22. The molecule has 0 fully saturated rings. The summed E-state index contributed by atoms with van der Waals surface area (Å²) < 4.78 is 31.8. The van der Waals surface area contributed by atoms with Crippen molar-refractivity contribution in [1.29, 1.82) is 0 Å². The predicted octanol–water partition coefficient (Wildman–Crippen LogP) is 2.67. The molecule has 2 rings (SSSR count). The van der Waals surface area contributed by atoms with Gasteiger partial charge in [0.15, 0.2) is 0 Å². The van der Waals surface area contributed by atoms with Crippen molar-refractivity contribution < 1.29 is 13.5 Å². The lowest BCUT2D eigenvalue weighted by Crippen LogP contribution is -2.20. The van der Waals surface area contributed by atoms with Crippen LogP contribution in [0.15, 0.2) is 35.1 Å². The van der Waals surface area contributed by atoms with Gasteiger partial charge in [0.05, 0.1) is 11.4 Å². The number of hydrogen-bond acceptors (Lipinski definition) is 2. The summed E-state index contributed by atoms with van der Waals surface area (Å²) in [6, 6.07) is 8.75. The second-order valence-electron chi connectivity index (χ2n) is 3.76. The quantitative estimate of drug-likeness (QED) is 0.807. The van der Waals surface area contributed by atoms with Crippen LogP contribution in [0.2, 0.25) is 0 Å². The van der Waals surface area contributed by atoms with E-state index in [1.165, 1.54) is 9.36 Å². The Balaban J connectivity index is 2.64. The fourth-order valence-corrected chi connectivity index (χ4v) is 2.46. The van der Waals surface area contributed by atoms with E-state index in [1.807, 2.05) is 0 Å². The molecule has 0 N–H and O–H groups in total. The number of aromatic nitrogens is 2. The Morgan fingerprint density at radius 1 is 1.32 bits per heavy atom. The molecule has 1 heterocycles. The minimum atomic E-state index is -3.03. The molecule has 0 unspecified atom stereocenters. The van der Waals surface area contributed by atoms with Crippen LogP contribution in [0.1, 0.15) is 5.69 Å². The first-order chi connectivity index (χ1) is 9.06. The van der Waals surface area contributed by atoms with Crippen LogP contribution in [-0.4, -0.2) is 16.0 Å². The molecule has 0 amide bonds. The lowest BCUT2D eigenvalue weighted by Gasteiger charge is -2.08. The van der Waals surface area contributed by atoms with E-state index in [1.54, 1.807) is 37.4 Å². The van der Waals surface area contributed by atoms with Gasteiger partial charge in [0.25, 0.3) is 0 Å². The number of rotatable bonds is 4. The molecule has 0 spiro atoms. The first kappa shape index (κ1) is 13.8. The topological polar surface area (TPSA) is 36.2 Å². The highest BCUT2D eigenvalue weighted by Crippen LogP contribution is 2.21. The van der Waals surface area contributed by atoms with Crippen molar-refractivity contribution in [3.8, 4) is 11.4 Å². The normalized spacial score (nSPS) is 11.0. The van der Waals surface area contributed by atoms with Gasteiger partial charge < -0.3 is 4.74 Å². The van der Waals surface area contributed by atoms with Crippen LogP contribution in [0.25, 0.3) is 5.69 Å². The Kier molecular flexibility index (Phi) is 4.04. The Morgan fingerprint density at radius 3 is 2.47 bits per heavy atom. The molecule has 102 valence electrons. The van der Waals surface area contributed by atoms with Crippen LogP contribution >= 0.6 is 15.9 Å². The molecule has 0 saturated heterocycles. The Labute approximate surface area is 116 Å². The number of ether oxygens (including phenoxy) is 1. The lowest BCUT2D eigenvalue weighted by molar-refractivity contribution is -0.0511. The number of alkyl halides is 3. The second-order valence-corrected chi connectivity index (χ2v) is 4.32. The van der Waals surface area contributed by atoms with E-state index in [2.05, 4.69) is 20.7 Å². The van der Waals surface area contributed by atoms with Crippen LogP contribution in [-0.2, 0) is 12.4 Å². The Morgan fingerprint density at radius 2 is 1.95 bits per heavy atom. The molecule has 0 aliphatic carbocycles. The van der Waals surface area contributed by atoms with Gasteiger partial charge in [-0.05, 0) is 12.1 Å². The molecule has 0 aliphatic heterocycles. The molecule has 0 aliphatic rings. The molecule has 1 aromatic heterocycles. The molecule has 19 heavy (non-hydrogen) atoms. The maximum atomic E-state index is 12.4. The van der Waals surface area contributed by atoms with Crippen molar-refractivity contribution in [2.24, 2.45) is 7.05 Å². The molecule has 0 bridgehead atoms. The van der Waals surface area contributed by atoms with Gasteiger partial charge in [0, 0.05) is 12.4 Å². The van der Waals surface area contributed by atoms with Gasteiger partial charge in [-0.25, -0.2) is 4.68 Å². The van der Waals surface area contributed by atoms with E-state index < -0.39 is 12.2 Å². The molecule has 1 aromatic carbocycles. The fourth-order valence-electron chi connectivity index (χ4n) is 1.84. The summed E-state index contributed by atoms with van der Waals surface area (Å²) in [4.78, 5) is 12.2. The van der Waals surface area contributed by atoms with Gasteiger partial charge in [-0.15, -0.1) is 0 Å². The third-order valence-electron chi connectivity index (χ3n) is 2.67. The smallest absolute Gasteiger partial charge is 0.387 e. The molecular weight excluding hydrogens is 322 g/mol. The average molecular weight is 333 g/mol. The standard InChI is InChI=1S/C12H11BrF2N2O2/c1-16-9(7-13)10(19-12(14)15)11(18)17(16)8-5-3-2-4-6-8/h2-6,12H,7H2,1H3. The second kappa shape index (κ2) is 5.56. The molecule has 2 aromatic rings. The van der Waals surface area contributed by atoms with Gasteiger partial charge in [-0.2, -0.15) is 8.78 Å². The number of benzene rings is 1. The third kappa shape index (κ3) is 2.56. The van der Waals surface area contributed by atoms with Crippen LogP contribution in [0, 0.1) is 0 Å². The minimum absolute atomic E-state index is 0.237. The summed E-state index contributed by atoms with van der Waals surface area (Å²) in [5.74, 6) is -0.335. The van der Waals surface area contributed by atoms with Gasteiger partial charge in [0.2, 0.25) is 5.75 Å². The van der Waals surface area contributed by atoms with E-state index in [4.69, 9.17) is 0 Å². The summed E-state index contributed by atoms with van der Waals surface area (Å²) in [7, 11) is 1.61. The number of halogens is 3. The van der Waals surface area contributed by atoms with Gasteiger partial charge >= 0.3 is 12.2 Å². The fraction of sp³-hybridized carbons (Fsp3) is 0.250. The van der Waals surface area contributed by atoms with Crippen molar-refractivity contribution in [2.75, 3.05) is 0 Å². The molecule has 4 nitrogen and oxygen atoms in total. The molecule has 0 radical (unpaired) electrons. The zero-order valence-electron chi connectivity index (χ0n) is 10.0. The zero-order chi connectivity index (χ0) is 14.0. The van der Waals surface area contributed by atoms with Crippen LogP contribution in [0.4, 0.5) is 8.78 Å². The van der Waals surface area contributed by atoms with Crippen LogP contribution < -0.4 is 10.3 Å². The lowest BCUT2D eigenvalue weighted by atomic mass is 10.3. The number of hydrogen-bond donors (Lipinski definition) is 0. The Hall–Kier alpha value is -1.63. The summed E-state index contributed by atoms with van der Waals surface area (Å²) in [5, 5.41) is 0.237. The summed E-state index contributed by atoms with van der Waals surface area (Å²) in [6.45, 7) is -3.03. The minimum Gasteiger partial charge on any atom is -0.427 e. The maximum absolute atomic E-state index is 12.4. The van der Waals surface area contributed by atoms with E-state index in [9.17, 15) is 13.6 Å². The third-order valence-corrected chi connectivity index (χ3v) is 3.20. The largest absolute Gasteiger partial charge is 0.427 e. The summed E-state index contributed by atoms with van der Waals surface area (Å²) >= 11 is 3.17. The van der Waals surface area contributed by atoms with E-state index in [-0.39, 0.29) is 11.1 Å². The summed E-state index contributed by atoms with van der Waals surface area (Å²) in [6.07, 6.45) is 0. The van der Waals surface area contributed by atoms with Crippen molar-refractivity contribution >= 4 is 15.9 Å². The van der Waals surface area contributed by atoms with E-state index in [0.717, 1.165) is 0 Å². The first-order valence-corrected chi connectivity index (χ1v) is 6.55. The molecule has 0 saturated carbocycles. The average Bonchev–Trinajstić information content (AvgIpc) is 2.61. The zero-order valence-corrected chi connectivity index (χ0v) is 11.6. The SMILES string of the molecule is Cn1c(CBr)c(OC(F)F)c(=O)n1-c1ccccc1. The predicted molar refractivity (Wildman–Crippen MR) is 70.3 cm³/mol. The molecule has 7 heteroatoms. The van der Waals surface area contributed by atoms with Gasteiger partial charge in [0.1, 0.15) is 0 Å². The summed E-state index contributed by atoms with van der Waals surface area (Å²) in [5.41, 5.74) is 0.332. The number of para-hydroxylation sites is 1. The van der Waals surface area contributed by atoms with E-state index >= 15 is 0 Å². The van der Waals surface area contributed by atoms with Crippen molar-refractivity contribution in [1.82, 2.24) is 9.36 Å². The van der Waals surface area contributed by atoms with Crippen molar-refractivity contribution in [2.45, 2.75) is 11.9 Å². The Bertz CT molecular complexity index is 623. The van der Waals surface area contributed by atoms with Crippen molar-refractivity contribution in [3.05, 3.63) is 46.4 Å². The number of nitrogens with zero attached hydrogens (tertiary/aromatic N) is 2.